The third-order valence-corrected chi connectivity index (χ3v) is 4.97. The van der Waals surface area contributed by atoms with E-state index in [0.29, 0.717) is 22.2 Å². The molecule has 0 spiro atoms. The maximum atomic E-state index is 6.39. The molecule has 1 aliphatic heterocycles. The van der Waals surface area contributed by atoms with Crippen molar-refractivity contribution < 1.29 is 0 Å². The lowest BCUT2D eigenvalue weighted by Gasteiger charge is -2.32. The Hall–Kier alpha value is -0.580. The summed E-state index contributed by atoms with van der Waals surface area (Å²) in [4.78, 5) is 13.5. The highest BCUT2D eigenvalue weighted by Gasteiger charge is 2.26. The van der Waals surface area contributed by atoms with E-state index in [2.05, 4.69) is 26.8 Å². The molecule has 1 aromatic heterocycles. The molecule has 0 unspecified atom stereocenters. The monoisotopic (exact) mass is 314 g/mol. The first-order valence-corrected chi connectivity index (χ1v) is 8.07. The molecular weight excluding hydrogens is 295 g/mol. The van der Waals surface area contributed by atoms with E-state index < -0.39 is 0 Å². The smallest absolute Gasteiger partial charge is 0.228 e. The molecule has 0 bridgehead atoms. The molecular formula is C14H20Cl2N4. The average Bonchev–Trinajstić information content (AvgIpc) is 2.92. The third kappa shape index (κ3) is 2.87. The van der Waals surface area contributed by atoms with Gasteiger partial charge in [0.1, 0.15) is 10.3 Å². The topological polar surface area (TPSA) is 32.3 Å². The van der Waals surface area contributed by atoms with Crippen LogP contribution in [0.4, 0.5) is 5.95 Å². The lowest BCUT2D eigenvalue weighted by Crippen LogP contribution is -2.45. The maximum absolute atomic E-state index is 6.39. The van der Waals surface area contributed by atoms with Crippen molar-refractivity contribution in [3.8, 4) is 0 Å². The predicted molar refractivity (Wildman–Crippen MR) is 83.0 cm³/mol. The van der Waals surface area contributed by atoms with Crippen molar-refractivity contribution in [2.45, 2.75) is 31.6 Å². The highest BCUT2D eigenvalue weighted by atomic mass is 35.5. The zero-order valence-electron chi connectivity index (χ0n) is 11.8. The number of anilines is 1. The molecule has 1 aliphatic carbocycles. The van der Waals surface area contributed by atoms with Crippen molar-refractivity contribution in [3.63, 3.8) is 0 Å². The van der Waals surface area contributed by atoms with Gasteiger partial charge >= 0.3 is 0 Å². The Kier molecular flexibility index (Phi) is 4.34. The van der Waals surface area contributed by atoms with E-state index in [0.717, 1.165) is 44.6 Å². The van der Waals surface area contributed by atoms with E-state index in [-0.39, 0.29) is 0 Å². The molecule has 0 atom stereocenters. The van der Waals surface area contributed by atoms with Gasteiger partial charge in [0.25, 0.3) is 0 Å². The van der Waals surface area contributed by atoms with Gasteiger partial charge in [-0.15, -0.1) is 0 Å². The van der Waals surface area contributed by atoms with Crippen LogP contribution in [0.25, 0.3) is 0 Å². The molecule has 0 aromatic carbocycles. The molecule has 110 valence electrons. The molecule has 1 saturated carbocycles. The van der Waals surface area contributed by atoms with Crippen LogP contribution in [0.2, 0.25) is 10.3 Å². The fourth-order valence-corrected chi connectivity index (χ4v) is 3.79. The molecule has 1 aromatic rings. The molecule has 1 saturated heterocycles. The fraction of sp³-hybridized carbons (Fsp3) is 0.714. The second-order valence-corrected chi connectivity index (χ2v) is 6.51. The summed E-state index contributed by atoms with van der Waals surface area (Å²) in [7, 11) is 2.13. The van der Waals surface area contributed by atoms with Gasteiger partial charge < -0.3 is 9.80 Å². The molecule has 2 fully saturated rings. The summed E-state index contributed by atoms with van der Waals surface area (Å²) in [5.41, 5.74) is 0.962. The first-order chi connectivity index (χ1) is 9.65. The van der Waals surface area contributed by atoms with Gasteiger partial charge in [-0.05, 0) is 25.8 Å². The Balaban J connectivity index is 1.83. The van der Waals surface area contributed by atoms with Crippen LogP contribution in [0.1, 0.15) is 37.2 Å². The molecule has 2 aliphatic rings. The second-order valence-electron chi connectivity index (χ2n) is 5.79. The lowest BCUT2D eigenvalue weighted by atomic mass is 10.0. The highest BCUT2D eigenvalue weighted by molar-refractivity contribution is 6.34. The van der Waals surface area contributed by atoms with Crippen molar-refractivity contribution in [1.82, 2.24) is 14.9 Å². The minimum atomic E-state index is 0.441. The van der Waals surface area contributed by atoms with Crippen LogP contribution in [0, 0.1) is 0 Å². The van der Waals surface area contributed by atoms with Gasteiger partial charge in [0, 0.05) is 31.7 Å². The Morgan fingerprint density at radius 2 is 1.50 bits per heavy atom. The summed E-state index contributed by atoms with van der Waals surface area (Å²) in [6, 6.07) is 0. The normalized spacial score (nSPS) is 21.6. The number of rotatable bonds is 2. The number of likely N-dealkylation sites (N-methyl/N-ethyl adjacent to an activating group) is 1. The lowest BCUT2D eigenvalue weighted by molar-refractivity contribution is 0.311. The highest BCUT2D eigenvalue weighted by Crippen LogP contribution is 2.40. The molecule has 3 rings (SSSR count). The summed E-state index contributed by atoms with van der Waals surface area (Å²) in [6.07, 6.45) is 4.79. The van der Waals surface area contributed by atoms with Gasteiger partial charge in [0.15, 0.2) is 0 Å². The Morgan fingerprint density at radius 3 is 2.05 bits per heavy atom. The van der Waals surface area contributed by atoms with Crippen molar-refractivity contribution >= 4 is 29.2 Å². The van der Waals surface area contributed by atoms with E-state index >= 15 is 0 Å². The minimum Gasteiger partial charge on any atom is -0.338 e. The summed E-state index contributed by atoms with van der Waals surface area (Å²) in [5, 5.41) is 1.09. The van der Waals surface area contributed by atoms with E-state index in [9.17, 15) is 0 Å². The van der Waals surface area contributed by atoms with Crippen LogP contribution in [0.3, 0.4) is 0 Å². The van der Waals surface area contributed by atoms with Crippen molar-refractivity contribution in [1.29, 1.82) is 0 Å². The van der Waals surface area contributed by atoms with Crippen LogP contribution < -0.4 is 4.90 Å². The Labute approximate surface area is 130 Å². The number of piperazine rings is 1. The van der Waals surface area contributed by atoms with Crippen LogP contribution >= 0.6 is 23.2 Å². The van der Waals surface area contributed by atoms with E-state index in [4.69, 9.17) is 23.2 Å². The van der Waals surface area contributed by atoms with Crippen molar-refractivity contribution in [2.24, 2.45) is 0 Å². The van der Waals surface area contributed by atoms with Gasteiger partial charge in [-0.2, -0.15) is 0 Å². The van der Waals surface area contributed by atoms with Crippen molar-refractivity contribution in [3.05, 3.63) is 15.9 Å². The summed E-state index contributed by atoms with van der Waals surface area (Å²) in [6.45, 7) is 3.88. The first-order valence-electron chi connectivity index (χ1n) is 7.31. The van der Waals surface area contributed by atoms with E-state index in [1.165, 1.54) is 12.8 Å². The zero-order chi connectivity index (χ0) is 14.1. The molecule has 6 heteroatoms. The number of hydrogen-bond donors (Lipinski definition) is 0. The van der Waals surface area contributed by atoms with Crippen LogP contribution in [0.5, 0.6) is 0 Å². The number of nitrogens with zero attached hydrogens (tertiary/aromatic N) is 4. The zero-order valence-corrected chi connectivity index (χ0v) is 13.3. The summed E-state index contributed by atoms with van der Waals surface area (Å²) >= 11 is 12.8. The number of halogens is 2. The SMILES string of the molecule is CN1CCN(c2nc(Cl)c(C3CCCC3)c(Cl)n2)CC1. The fourth-order valence-electron chi connectivity index (χ4n) is 3.11. The van der Waals surface area contributed by atoms with Gasteiger partial charge in [0.2, 0.25) is 5.95 Å². The van der Waals surface area contributed by atoms with Crippen LogP contribution in [-0.2, 0) is 0 Å². The predicted octanol–water partition coefficient (Wildman–Crippen LogP) is 3.19. The Bertz CT molecular complexity index is 457. The molecule has 20 heavy (non-hydrogen) atoms. The van der Waals surface area contributed by atoms with Crippen molar-refractivity contribution in [2.75, 3.05) is 38.1 Å². The summed E-state index contributed by atoms with van der Waals surface area (Å²) in [5.74, 6) is 1.12. The third-order valence-electron chi connectivity index (χ3n) is 4.39. The van der Waals surface area contributed by atoms with E-state index in [1.807, 2.05) is 0 Å². The number of hydrogen-bond acceptors (Lipinski definition) is 4. The molecule has 4 nitrogen and oxygen atoms in total. The van der Waals surface area contributed by atoms with Gasteiger partial charge in [-0.25, -0.2) is 9.97 Å². The second kappa shape index (κ2) is 6.04. The number of aromatic nitrogens is 2. The van der Waals surface area contributed by atoms with Crippen LogP contribution in [0.15, 0.2) is 0 Å². The van der Waals surface area contributed by atoms with Gasteiger partial charge in [-0.3, -0.25) is 0 Å². The average molecular weight is 315 g/mol. The standard InChI is InChI=1S/C14H20Cl2N4/c1-19-6-8-20(9-7-19)14-17-12(15)11(13(16)18-14)10-4-2-3-5-10/h10H,2-9H2,1H3. The van der Waals surface area contributed by atoms with Gasteiger partial charge in [-0.1, -0.05) is 36.0 Å². The molecule has 2 heterocycles. The summed E-state index contributed by atoms with van der Waals surface area (Å²) < 4.78 is 0. The quantitative estimate of drug-likeness (QED) is 0.785. The van der Waals surface area contributed by atoms with Crippen LogP contribution in [-0.4, -0.2) is 48.1 Å². The Morgan fingerprint density at radius 1 is 0.950 bits per heavy atom. The molecule has 0 radical (unpaired) electrons. The van der Waals surface area contributed by atoms with Gasteiger partial charge in [0.05, 0.1) is 0 Å². The minimum absolute atomic E-state index is 0.441. The molecule has 0 amide bonds. The first kappa shape index (κ1) is 14.4. The largest absolute Gasteiger partial charge is 0.338 e. The van der Waals surface area contributed by atoms with E-state index in [1.54, 1.807) is 0 Å². The maximum Gasteiger partial charge on any atom is 0.228 e. The molecule has 0 N–H and O–H groups in total.